The van der Waals surface area contributed by atoms with Crippen LogP contribution in [-0.2, 0) is 0 Å². The summed E-state index contributed by atoms with van der Waals surface area (Å²) in [5.41, 5.74) is 8.11. The molecule has 0 radical (unpaired) electrons. The van der Waals surface area contributed by atoms with Crippen molar-refractivity contribution in [2.45, 2.75) is 6.92 Å². The molecule has 32 heavy (non-hydrogen) atoms. The number of hydrazine groups is 1. The molecule has 0 aliphatic heterocycles. The van der Waals surface area contributed by atoms with E-state index in [-0.39, 0.29) is 0 Å². The molecule has 3 aromatic carbocycles. The molecule has 162 valence electrons. The van der Waals surface area contributed by atoms with Crippen LogP contribution in [0.2, 0.25) is 0 Å². The molecular formula is C24H22N4O4. The molecule has 4 rings (SSSR count). The zero-order valence-electron chi connectivity index (χ0n) is 17.9. The number of carbonyl (C=O) groups excluding carboxylic acids is 2. The van der Waals surface area contributed by atoms with Crippen molar-refractivity contribution in [2.24, 2.45) is 0 Å². The van der Waals surface area contributed by atoms with E-state index >= 15 is 0 Å². The highest BCUT2D eigenvalue weighted by Crippen LogP contribution is 2.27. The fourth-order valence-corrected chi connectivity index (χ4v) is 3.48. The topological polar surface area (TPSA) is 94.5 Å². The number of fused-ring (bicyclic) bond motifs is 1. The number of nitrogens with zero attached hydrogens (tertiary/aromatic N) is 2. The van der Waals surface area contributed by atoms with Gasteiger partial charge in [-0.3, -0.25) is 25.0 Å². The van der Waals surface area contributed by atoms with Gasteiger partial charge in [0, 0.05) is 16.8 Å². The average Bonchev–Trinajstić information content (AvgIpc) is 3.17. The standard InChI is InChI=1S/C24H22N4O4/c1-15-25-19-13-16(9-11-20(19)28(15)18-7-5-4-6-8-18)23(29)26-27-24(30)17-10-12-21(31-2)22(14-17)32-3/h4-14H,1-3H3,(H,26,29)(H,27,30). The second-order valence-corrected chi connectivity index (χ2v) is 7.01. The number of aryl methyl sites for hydroxylation is 1. The largest absolute Gasteiger partial charge is 0.493 e. The van der Waals surface area contributed by atoms with Crippen molar-refractivity contribution < 1.29 is 19.1 Å². The summed E-state index contributed by atoms with van der Waals surface area (Å²) < 4.78 is 12.4. The third-order valence-corrected chi connectivity index (χ3v) is 5.03. The van der Waals surface area contributed by atoms with Gasteiger partial charge in [-0.1, -0.05) is 18.2 Å². The van der Waals surface area contributed by atoms with E-state index in [1.165, 1.54) is 20.3 Å². The molecule has 8 nitrogen and oxygen atoms in total. The zero-order valence-corrected chi connectivity index (χ0v) is 17.9. The van der Waals surface area contributed by atoms with Crippen molar-refractivity contribution in [3.63, 3.8) is 0 Å². The van der Waals surface area contributed by atoms with Crippen molar-refractivity contribution in [1.82, 2.24) is 20.4 Å². The minimum absolute atomic E-state index is 0.315. The Hall–Kier alpha value is -4.33. The highest BCUT2D eigenvalue weighted by atomic mass is 16.5. The molecule has 4 aromatic rings. The van der Waals surface area contributed by atoms with Gasteiger partial charge in [0.25, 0.3) is 11.8 Å². The van der Waals surface area contributed by atoms with Gasteiger partial charge in [0.2, 0.25) is 0 Å². The molecule has 0 fully saturated rings. The van der Waals surface area contributed by atoms with Crippen LogP contribution in [0.15, 0.2) is 66.7 Å². The van der Waals surface area contributed by atoms with Crippen LogP contribution >= 0.6 is 0 Å². The minimum atomic E-state index is -0.482. The van der Waals surface area contributed by atoms with Crippen molar-refractivity contribution in [1.29, 1.82) is 0 Å². The summed E-state index contributed by atoms with van der Waals surface area (Å²) in [6.45, 7) is 1.91. The number of imidazole rings is 1. The van der Waals surface area contributed by atoms with Crippen LogP contribution in [0, 0.1) is 6.92 Å². The van der Waals surface area contributed by atoms with Gasteiger partial charge >= 0.3 is 0 Å². The predicted octanol–water partition coefficient (Wildman–Crippen LogP) is 3.43. The first kappa shape index (κ1) is 20.9. The molecule has 8 heteroatoms. The summed E-state index contributed by atoms with van der Waals surface area (Å²) in [6, 6.07) is 19.8. The van der Waals surface area contributed by atoms with Crippen LogP contribution in [0.4, 0.5) is 0 Å². The SMILES string of the molecule is COc1ccc(C(=O)NNC(=O)c2ccc3c(c2)nc(C)n3-c2ccccc2)cc1OC. The lowest BCUT2D eigenvalue weighted by Crippen LogP contribution is -2.41. The van der Waals surface area contributed by atoms with Gasteiger partial charge in [0.15, 0.2) is 11.5 Å². The fourth-order valence-electron chi connectivity index (χ4n) is 3.48. The van der Waals surface area contributed by atoms with Gasteiger partial charge in [-0.15, -0.1) is 0 Å². The van der Waals surface area contributed by atoms with Gasteiger partial charge in [-0.2, -0.15) is 0 Å². The van der Waals surface area contributed by atoms with Crippen molar-refractivity contribution in [2.75, 3.05) is 14.2 Å². The first-order chi connectivity index (χ1) is 15.5. The number of aromatic nitrogens is 2. The fraction of sp³-hybridized carbons (Fsp3) is 0.125. The first-order valence-electron chi connectivity index (χ1n) is 9.89. The Kier molecular flexibility index (Phi) is 5.76. The van der Waals surface area contributed by atoms with Crippen LogP contribution in [0.5, 0.6) is 11.5 Å². The lowest BCUT2D eigenvalue weighted by Gasteiger charge is -2.11. The molecular weight excluding hydrogens is 408 g/mol. The van der Waals surface area contributed by atoms with E-state index in [0.717, 1.165) is 17.0 Å². The highest BCUT2D eigenvalue weighted by molar-refractivity contribution is 6.01. The number of benzene rings is 3. The quantitative estimate of drug-likeness (QED) is 0.473. The Balaban J connectivity index is 1.50. The summed E-state index contributed by atoms with van der Waals surface area (Å²) in [6.07, 6.45) is 0. The van der Waals surface area contributed by atoms with E-state index in [9.17, 15) is 9.59 Å². The third-order valence-electron chi connectivity index (χ3n) is 5.03. The molecule has 0 unspecified atom stereocenters. The Morgan fingerprint density at radius 1 is 0.812 bits per heavy atom. The number of ether oxygens (including phenoxy) is 2. The maximum Gasteiger partial charge on any atom is 0.269 e. The normalized spacial score (nSPS) is 10.6. The third kappa shape index (κ3) is 3.98. The molecule has 0 saturated heterocycles. The van der Waals surface area contributed by atoms with E-state index in [1.54, 1.807) is 24.3 Å². The predicted molar refractivity (Wildman–Crippen MR) is 120 cm³/mol. The van der Waals surface area contributed by atoms with Crippen molar-refractivity contribution >= 4 is 22.8 Å². The summed E-state index contributed by atoms with van der Waals surface area (Å²) in [5, 5.41) is 0. The number of rotatable bonds is 5. The molecule has 2 N–H and O–H groups in total. The van der Waals surface area contributed by atoms with E-state index < -0.39 is 11.8 Å². The average molecular weight is 430 g/mol. The van der Waals surface area contributed by atoms with Crippen LogP contribution in [-0.4, -0.2) is 35.6 Å². The molecule has 0 aliphatic carbocycles. The number of hydrogen-bond acceptors (Lipinski definition) is 5. The molecule has 0 spiro atoms. The van der Waals surface area contributed by atoms with E-state index in [2.05, 4.69) is 15.8 Å². The molecule has 1 aromatic heterocycles. The summed E-state index contributed by atoms with van der Waals surface area (Å²) >= 11 is 0. The van der Waals surface area contributed by atoms with Crippen LogP contribution < -0.4 is 20.3 Å². The Morgan fingerprint density at radius 2 is 1.44 bits per heavy atom. The van der Waals surface area contributed by atoms with Gasteiger partial charge in [0.05, 0.1) is 25.3 Å². The molecule has 0 bridgehead atoms. The number of amides is 2. The lowest BCUT2D eigenvalue weighted by molar-refractivity contribution is 0.0846. The second kappa shape index (κ2) is 8.81. The maximum atomic E-state index is 12.6. The highest BCUT2D eigenvalue weighted by Gasteiger charge is 2.15. The van der Waals surface area contributed by atoms with E-state index in [4.69, 9.17) is 9.47 Å². The molecule has 1 heterocycles. The van der Waals surface area contributed by atoms with Crippen LogP contribution in [0.25, 0.3) is 16.7 Å². The summed E-state index contributed by atoms with van der Waals surface area (Å²) in [4.78, 5) is 29.6. The molecule has 0 atom stereocenters. The minimum Gasteiger partial charge on any atom is -0.493 e. The maximum absolute atomic E-state index is 12.6. The van der Waals surface area contributed by atoms with Gasteiger partial charge in [-0.05, 0) is 55.5 Å². The van der Waals surface area contributed by atoms with Gasteiger partial charge < -0.3 is 9.47 Å². The Bertz CT molecular complexity index is 1300. The molecule has 2 amide bonds. The van der Waals surface area contributed by atoms with Crippen molar-refractivity contribution in [3.05, 3.63) is 83.7 Å². The number of nitrogens with one attached hydrogen (secondary N) is 2. The van der Waals surface area contributed by atoms with E-state index in [1.807, 2.05) is 47.9 Å². The number of carbonyl (C=O) groups is 2. The Morgan fingerprint density at radius 3 is 2.09 bits per heavy atom. The van der Waals surface area contributed by atoms with Gasteiger partial charge in [-0.25, -0.2) is 4.98 Å². The van der Waals surface area contributed by atoms with Crippen molar-refractivity contribution in [3.8, 4) is 17.2 Å². The summed E-state index contributed by atoms with van der Waals surface area (Å²) in [5.74, 6) is 0.802. The van der Waals surface area contributed by atoms with E-state index in [0.29, 0.717) is 28.1 Å². The molecule has 0 saturated carbocycles. The number of hydrogen-bond donors (Lipinski definition) is 2. The first-order valence-corrected chi connectivity index (χ1v) is 9.89. The smallest absolute Gasteiger partial charge is 0.269 e. The molecule has 0 aliphatic rings. The zero-order chi connectivity index (χ0) is 22.7. The lowest BCUT2D eigenvalue weighted by atomic mass is 10.2. The van der Waals surface area contributed by atoms with Crippen LogP contribution in [0.1, 0.15) is 26.5 Å². The number of para-hydroxylation sites is 1. The van der Waals surface area contributed by atoms with Crippen LogP contribution in [0.3, 0.4) is 0 Å². The second-order valence-electron chi connectivity index (χ2n) is 7.01. The Labute approximate surface area is 184 Å². The number of methoxy groups -OCH3 is 2. The summed E-state index contributed by atoms with van der Waals surface area (Å²) in [7, 11) is 3.00. The monoisotopic (exact) mass is 430 g/mol. The van der Waals surface area contributed by atoms with Gasteiger partial charge in [0.1, 0.15) is 5.82 Å².